The molecular formula is C35H36N2O4. The summed E-state index contributed by atoms with van der Waals surface area (Å²) in [6, 6.07) is 37.9. The highest BCUT2D eigenvalue weighted by Gasteiger charge is 2.50. The van der Waals surface area contributed by atoms with Gasteiger partial charge >= 0.3 is 0 Å². The van der Waals surface area contributed by atoms with Gasteiger partial charge in [0.1, 0.15) is 11.9 Å². The van der Waals surface area contributed by atoms with Gasteiger partial charge in [0, 0.05) is 37.5 Å². The van der Waals surface area contributed by atoms with E-state index in [4.69, 9.17) is 19.6 Å². The molecule has 0 unspecified atom stereocenters. The number of aliphatic imine (C=N–C) groups is 1. The van der Waals surface area contributed by atoms with Crippen LogP contribution in [0.5, 0.6) is 5.75 Å². The highest BCUT2D eigenvalue weighted by molar-refractivity contribution is 6.01. The Bertz CT molecular complexity index is 1390. The predicted octanol–water partition coefficient (Wildman–Crippen LogP) is 5.54. The van der Waals surface area contributed by atoms with Crippen molar-refractivity contribution in [2.75, 3.05) is 19.8 Å². The number of benzene rings is 4. The minimum atomic E-state index is -1.13. The summed E-state index contributed by atoms with van der Waals surface area (Å²) in [6.45, 7) is 2.87. The van der Waals surface area contributed by atoms with Crippen LogP contribution in [0, 0.1) is 0 Å². The van der Waals surface area contributed by atoms with Crippen molar-refractivity contribution in [1.29, 1.82) is 0 Å². The number of rotatable bonds is 12. The normalized spacial score (nSPS) is 18.0. The summed E-state index contributed by atoms with van der Waals surface area (Å²) in [5.74, 6) is 0.974. The Hall–Kier alpha value is -4.42. The van der Waals surface area contributed by atoms with Crippen LogP contribution in [0.4, 0.5) is 0 Å². The SMILES string of the molecule is C[C@H]1OC(c2ccc(OCCCO)cc2)=N[C@@]1(Cc1ccccc1)C(=O)NCC(c1ccccc1)c1ccccc1. The van der Waals surface area contributed by atoms with Gasteiger partial charge in [0.15, 0.2) is 5.54 Å². The number of nitrogens with zero attached hydrogens (tertiary/aromatic N) is 1. The summed E-state index contributed by atoms with van der Waals surface area (Å²) in [5, 5.41) is 12.3. The number of aliphatic hydroxyl groups excluding tert-OH is 1. The average molecular weight is 549 g/mol. The molecule has 6 heteroatoms. The molecule has 0 fully saturated rings. The molecule has 1 amide bonds. The quantitative estimate of drug-likeness (QED) is 0.228. The second-order valence-corrected chi connectivity index (χ2v) is 10.3. The molecule has 4 aromatic carbocycles. The van der Waals surface area contributed by atoms with Gasteiger partial charge in [0.05, 0.1) is 6.61 Å². The third kappa shape index (κ3) is 6.67. The number of carbonyl (C=O) groups is 1. The molecule has 0 bridgehead atoms. The zero-order chi connectivity index (χ0) is 28.5. The maximum atomic E-state index is 14.2. The first kappa shape index (κ1) is 28.1. The van der Waals surface area contributed by atoms with Crippen molar-refractivity contribution in [2.24, 2.45) is 4.99 Å². The number of aliphatic hydroxyl groups is 1. The molecule has 4 aromatic rings. The van der Waals surface area contributed by atoms with Gasteiger partial charge in [0.2, 0.25) is 5.90 Å². The molecule has 0 saturated heterocycles. The van der Waals surface area contributed by atoms with Gasteiger partial charge in [-0.2, -0.15) is 0 Å². The Kier molecular flexibility index (Phi) is 9.12. The van der Waals surface area contributed by atoms with Gasteiger partial charge in [-0.25, -0.2) is 4.99 Å². The molecule has 6 nitrogen and oxygen atoms in total. The fourth-order valence-electron chi connectivity index (χ4n) is 5.20. The summed E-state index contributed by atoms with van der Waals surface area (Å²) in [7, 11) is 0. The van der Waals surface area contributed by atoms with Crippen LogP contribution in [0.3, 0.4) is 0 Å². The number of amides is 1. The van der Waals surface area contributed by atoms with Crippen LogP contribution in [-0.2, 0) is 16.0 Å². The van der Waals surface area contributed by atoms with Gasteiger partial charge in [-0.05, 0) is 47.9 Å². The molecule has 0 aliphatic carbocycles. The fraction of sp³-hybridized carbons (Fsp3) is 0.257. The largest absolute Gasteiger partial charge is 0.494 e. The minimum Gasteiger partial charge on any atom is -0.494 e. The number of ether oxygens (including phenoxy) is 2. The molecule has 1 heterocycles. The second-order valence-electron chi connectivity index (χ2n) is 10.3. The summed E-state index contributed by atoms with van der Waals surface area (Å²) >= 11 is 0. The van der Waals surface area contributed by atoms with E-state index in [9.17, 15) is 4.79 Å². The first-order chi connectivity index (χ1) is 20.1. The van der Waals surface area contributed by atoms with E-state index in [1.165, 1.54) is 0 Å². The molecule has 210 valence electrons. The molecule has 0 spiro atoms. The van der Waals surface area contributed by atoms with Crippen molar-refractivity contribution in [3.05, 3.63) is 138 Å². The van der Waals surface area contributed by atoms with Gasteiger partial charge in [-0.1, -0.05) is 91.0 Å². The van der Waals surface area contributed by atoms with E-state index in [0.29, 0.717) is 37.6 Å². The van der Waals surface area contributed by atoms with Crippen LogP contribution < -0.4 is 10.1 Å². The monoisotopic (exact) mass is 548 g/mol. The Labute approximate surface area is 241 Å². The Balaban J connectivity index is 1.42. The number of nitrogens with one attached hydrogen (secondary N) is 1. The fourth-order valence-corrected chi connectivity index (χ4v) is 5.20. The first-order valence-electron chi connectivity index (χ1n) is 14.1. The first-order valence-corrected chi connectivity index (χ1v) is 14.1. The summed E-state index contributed by atoms with van der Waals surface area (Å²) in [6.07, 6.45) is 0.500. The van der Waals surface area contributed by atoms with E-state index in [1.54, 1.807) is 0 Å². The average Bonchev–Trinajstić information content (AvgIpc) is 3.35. The lowest BCUT2D eigenvalue weighted by Gasteiger charge is -2.29. The zero-order valence-electron chi connectivity index (χ0n) is 23.3. The third-order valence-corrected chi connectivity index (χ3v) is 7.51. The summed E-state index contributed by atoms with van der Waals surface area (Å²) in [5.41, 5.74) is 2.93. The maximum Gasteiger partial charge on any atom is 0.252 e. The van der Waals surface area contributed by atoms with Crippen LogP contribution in [0.2, 0.25) is 0 Å². The van der Waals surface area contributed by atoms with E-state index in [2.05, 4.69) is 29.6 Å². The van der Waals surface area contributed by atoms with Crippen LogP contribution in [-0.4, -0.2) is 48.3 Å². The minimum absolute atomic E-state index is 0.00502. The van der Waals surface area contributed by atoms with E-state index < -0.39 is 11.6 Å². The van der Waals surface area contributed by atoms with Gasteiger partial charge in [-0.15, -0.1) is 0 Å². The highest BCUT2D eigenvalue weighted by atomic mass is 16.5. The topological polar surface area (TPSA) is 80.2 Å². The molecule has 5 rings (SSSR count). The van der Waals surface area contributed by atoms with Crippen LogP contribution in [0.15, 0.2) is 120 Å². The van der Waals surface area contributed by atoms with Gasteiger partial charge < -0.3 is 19.9 Å². The number of hydrogen-bond donors (Lipinski definition) is 2. The van der Waals surface area contributed by atoms with Crippen molar-refractivity contribution >= 4 is 11.8 Å². The molecule has 0 aromatic heterocycles. The van der Waals surface area contributed by atoms with E-state index >= 15 is 0 Å². The Morgan fingerprint density at radius 2 is 1.49 bits per heavy atom. The van der Waals surface area contributed by atoms with Crippen LogP contribution in [0.1, 0.15) is 41.5 Å². The summed E-state index contributed by atoms with van der Waals surface area (Å²) in [4.78, 5) is 19.2. The van der Waals surface area contributed by atoms with E-state index in [0.717, 1.165) is 22.3 Å². The third-order valence-electron chi connectivity index (χ3n) is 7.51. The lowest BCUT2D eigenvalue weighted by atomic mass is 9.85. The van der Waals surface area contributed by atoms with Crippen molar-refractivity contribution in [3.63, 3.8) is 0 Å². The Morgan fingerprint density at radius 1 is 0.902 bits per heavy atom. The zero-order valence-corrected chi connectivity index (χ0v) is 23.3. The van der Waals surface area contributed by atoms with Crippen molar-refractivity contribution in [3.8, 4) is 5.75 Å². The van der Waals surface area contributed by atoms with Crippen LogP contribution in [0.25, 0.3) is 0 Å². The standard InChI is InChI=1S/C35H36N2O4/c1-26-35(24-27-12-5-2-6-13-27,37-33(41-26)30-18-20-31(21-19-30)40-23-11-22-38)34(39)36-25-32(28-14-7-3-8-15-28)29-16-9-4-10-17-29/h2-10,12-21,26,32,38H,11,22-25H2,1H3,(H,36,39)/t26-,35-/m1/s1. The van der Waals surface area contributed by atoms with Gasteiger partial charge in [0.25, 0.3) is 5.91 Å². The van der Waals surface area contributed by atoms with Crippen molar-refractivity contribution in [2.45, 2.75) is 37.3 Å². The summed E-state index contributed by atoms with van der Waals surface area (Å²) < 4.78 is 12.0. The van der Waals surface area contributed by atoms with E-state index in [1.807, 2.05) is 97.9 Å². The number of hydrogen-bond acceptors (Lipinski definition) is 5. The lowest BCUT2D eigenvalue weighted by molar-refractivity contribution is -0.128. The Morgan fingerprint density at radius 3 is 2.07 bits per heavy atom. The maximum absolute atomic E-state index is 14.2. The molecule has 41 heavy (non-hydrogen) atoms. The predicted molar refractivity (Wildman–Crippen MR) is 161 cm³/mol. The molecule has 2 atom stereocenters. The second kappa shape index (κ2) is 13.3. The van der Waals surface area contributed by atoms with Crippen molar-refractivity contribution < 1.29 is 19.4 Å². The van der Waals surface area contributed by atoms with Gasteiger partial charge in [-0.3, -0.25) is 4.79 Å². The molecule has 1 aliphatic heterocycles. The molecule has 0 saturated carbocycles. The van der Waals surface area contributed by atoms with E-state index in [-0.39, 0.29) is 18.4 Å². The highest BCUT2D eigenvalue weighted by Crippen LogP contribution is 2.33. The molecule has 2 N–H and O–H groups in total. The van der Waals surface area contributed by atoms with Crippen molar-refractivity contribution in [1.82, 2.24) is 5.32 Å². The molecule has 0 radical (unpaired) electrons. The smallest absolute Gasteiger partial charge is 0.252 e. The lowest BCUT2D eigenvalue weighted by Crippen LogP contribution is -2.53. The number of carbonyl (C=O) groups excluding carboxylic acids is 1. The van der Waals surface area contributed by atoms with Crippen LogP contribution >= 0.6 is 0 Å². The molecular weight excluding hydrogens is 512 g/mol. The molecule has 1 aliphatic rings.